The van der Waals surface area contributed by atoms with Gasteiger partial charge in [0.05, 0.1) is 44.3 Å². The summed E-state index contributed by atoms with van der Waals surface area (Å²) in [5.74, 6) is 0. The summed E-state index contributed by atoms with van der Waals surface area (Å²) in [7, 11) is 0. The molecular weight excluding hydrogens is 1200 g/mol. The molecule has 462 valence electrons. The van der Waals surface area contributed by atoms with E-state index in [2.05, 4.69) is 341 Å². The van der Waals surface area contributed by atoms with Crippen molar-refractivity contribution < 1.29 is 0 Å². The molecule has 0 N–H and O–H groups in total. The Balaban J connectivity index is 0.767. The summed E-state index contributed by atoms with van der Waals surface area (Å²) in [5, 5.41) is 7.76. The van der Waals surface area contributed by atoms with E-state index in [0.717, 1.165) is 6.42 Å². The van der Waals surface area contributed by atoms with Gasteiger partial charge < -0.3 is 9.13 Å². The van der Waals surface area contributed by atoms with Gasteiger partial charge in [0, 0.05) is 58.0 Å². The Morgan fingerprint density at radius 2 is 0.724 bits per heavy atom. The van der Waals surface area contributed by atoms with E-state index in [-0.39, 0.29) is 10.8 Å². The number of para-hydroxylation sites is 5. The Bertz CT molecular complexity index is 6450. The molecule has 0 radical (unpaired) electrons. The molecule has 3 atom stereocenters. The molecule has 3 unspecified atom stereocenters. The van der Waals surface area contributed by atoms with Crippen molar-refractivity contribution in [1.29, 1.82) is 0 Å². The van der Waals surface area contributed by atoms with Gasteiger partial charge in [-0.05, 0) is 178 Å². The Morgan fingerprint density at radius 3 is 1.46 bits per heavy atom. The largest absolute Gasteiger partial charge is 0.309 e. The third-order valence-electron chi connectivity index (χ3n) is 24.7. The Morgan fingerprint density at radius 1 is 0.276 bits per heavy atom. The van der Waals surface area contributed by atoms with Gasteiger partial charge in [-0.25, -0.2) is 0 Å². The summed E-state index contributed by atoms with van der Waals surface area (Å²) in [5.41, 5.74) is 33.4. The molecule has 0 bridgehead atoms. The SMILES string of the molecule is CC1(C)c2ccccc2-c2cc(-c3ccc4c(c3)C3(c5ccccc5-n5c6ccc(CC7(C)c8ccccc8C8(c9ccccc9-n9c%10ccccc%10c%10cccc8c%109)c8cc(-c9cccc%10c9sc9ccccc9%10)ccc87)cc6c6cccc3c65)c3ccccc3C4(C)C)ccc21. The average Bonchev–Trinajstić information content (AvgIpc) is 1.17. The molecule has 0 amide bonds. The van der Waals surface area contributed by atoms with Gasteiger partial charge in [-0.2, -0.15) is 0 Å². The van der Waals surface area contributed by atoms with Crippen LogP contribution in [0.5, 0.6) is 0 Å². The average molecular weight is 1270 g/mol. The summed E-state index contributed by atoms with van der Waals surface area (Å²) in [6.07, 6.45) is 0.789. The van der Waals surface area contributed by atoms with Gasteiger partial charge in [0.2, 0.25) is 0 Å². The number of aromatic nitrogens is 2. The fourth-order valence-electron chi connectivity index (χ4n) is 20.6. The van der Waals surface area contributed by atoms with Crippen LogP contribution < -0.4 is 0 Å². The van der Waals surface area contributed by atoms with E-state index in [1.165, 1.54) is 192 Å². The van der Waals surface area contributed by atoms with Crippen LogP contribution in [0.25, 0.3) is 109 Å². The smallest absolute Gasteiger partial charge is 0.0748 e. The Hall–Kier alpha value is -11.1. The highest BCUT2D eigenvalue weighted by atomic mass is 32.1. The number of nitrogens with zero attached hydrogens (tertiary/aromatic N) is 2. The zero-order valence-corrected chi connectivity index (χ0v) is 56.1. The van der Waals surface area contributed by atoms with Crippen LogP contribution in [0.4, 0.5) is 0 Å². The molecule has 22 rings (SSSR count). The molecule has 3 heteroatoms. The topological polar surface area (TPSA) is 9.86 Å². The molecule has 2 aliphatic heterocycles. The predicted molar refractivity (Wildman–Crippen MR) is 409 cm³/mol. The number of hydrogen-bond acceptors (Lipinski definition) is 1. The molecule has 0 saturated carbocycles. The molecule has 2 nitrogen and oxygen atoms in total. The maximum absolute atomic E-state index is 2.63. The quantitative estimate of drug-likeness (QED) is 0.166. The van der Waals surface area contributed by atoms with Crippen LogP contribution in [0.3, 0.4) is 0 Å². The lowest BCUT2D eigenvalue weighted by molar-refractivity contribution is 0.510. The summed E-state index contributed by atoms with van der Waals surface area (Å²) < 4.78 is 7.85. The first-order valence-electron chi connectivity index (χ1n) is 34.9. The first kappa shape index (κ1) is 55.1. The van der Waals surface area contributed by atoms with Crippen molar-refractivity contribution in [2.75, 3.05) is 0 Å². The van der Waals surface area contributed by atoms with Gasteiger partial charge in [0.15, 0.2) is 0 Å². The van der Waals surface area contributed by atoms with Crippen molar-refractivity contribution in [2.24, 2.45) is 0 Å². The maximum atomic E-state index is 2.63. The van der Waals surface area contributed by atoms with E-state index in [9.17, 15) is 0 Å². The van der Waals surface area contributed by atoms with Crippen LogP contribution in [0.1, 0.15) is 118 Å². The molecule has 2 spiro atoms. The molecule has 0 saturated heterocycles. The van der Waals surface area contributed by atoms with Gasteiger partial charge in [-0.1, -0.05) is 277 Å². The summed E-state index contributed by atoms with van der Waals surface area (Å²) in [6.45, 7) is 12.2. The van der Waals surface area contributed by atoms with Gasteiger partial charge in [0.25, 0.3) is 0 Å². The highest BCUT2D eigenvalue weighted by molar-refractivity contribution is 7.26. The van der Waals surface area contributed by atoms with Gasteiger partial charge in [-0.3, -0.25) is 0 Å². The van der Waals surface area contributed by atoms with Crippen LogP contribution in [-0.4, -0.2) is 9.13 Å². The standard InChI is InChI=1S/C95H66N2S/c1-91(2)69-30-9-6-23-61(69)67-52-57(44-47-70(67)91)58-45-48-72-81(53-58)94(75-33-12-10-31-71(75)92(72,3)4)77-35-14-18-41-86(77)97-84-50-43-56(51-68(84)65-28-22-38-80(94)89(65)97)55-93(5)73-32-11-13-34-76(73)95(78-36-15-17-40-85(78)96-83-39-16-7-24-62(83)64-27-21-37-79(95)88(64)96)82-54-59(46-49-74(82)93)60-26-20-29-66-63-25-8-19-42-87(63)98-90(60)66/h6-54H,55H2,1-5H3. The van der Waals surface area contributed by atoms with E-state index < -0.39 is 16.2 Å². The van der Waals surface area contributed by atoms with Crippen LogP contribution in [-0.2, 0) is 33.5 Å². The first-order valence-corrected chi connectivity index (χ1v) is 35.7. The monoisotopic (exact) mass is 1270 g/mol. The lowest BCUT2D eigenvalue weighted by atomic mass is 9.52. The van der Waals surface area contributed by atoms with Crippen LogP contribution in [0.15, 0.2) is 297 Å². The molecule has 5 heterocycles. The lowest BCUT2D eigenvalue weighted by Crippen LogP contribution is -2.45. The minimum Gasteiger partial charge on any atom is -0.309 e. The molecule has 98 heavy (non-hydrogen) atoms. The van der Waals surface area contributed by atoms with Gasteiger partial charge in [-0.15, -0.1) is 11.3 Å². The van der Waals surface area contributed by atoms with Crippen molar-refractivity contribution in [3.8, 4) is 44.8 Å². The van der Waals surface area contributed by atoms with Crippen LogP contribution in [0.2, 0.25) is 0 Å². The Labute approximate surface area is 574 Å². The second-order valence-electron chi connectivity index (χ2n) is 29.9. The lowest BCUT2D eigenvalue weighted by Gasteiger charge is -2.51. The second kappa shape index (κ2) is 18.9. The number of thiophene rings is 1. The fraction of sp³-hybridized carbons (Fsp3) is 0.116. The van der Waals surface area contributed by atoms with Gasteiger partial charge in [0.1, 0.15) is 0 Å². The minimum atomic E-state index is -0.667. The van der Waals surface area contributed by atoms with E-state index in [1.54, 1.807) is 0 Å². The number of hydrogen-bond donors (Lipinski definition) is 0. The molecule has 14 aromatic carbocycles. The number of fused-ring (bicyclic) bond motifs is 28. The highest BCUT2D eigenvalue weighted by Gasteiger charge is 2.56. The highest BCUT2D eigenvalue weighted by Crippen LogP contribution is 2.64. The fourth-order valence-corrected chi connectivity index (χ4v) is 21.8. The Kier molecular flexibility index (Phi) is 10.6. The zero-order chi connectivity index (χ0) is 64.9. The van der Waals surface area contributed by atoms with E-state index in [1.807, 2.05) is 11.3 Å². The van der Waals surface area contributed by atoms with Crippen LogP contribution >= 0.6 is 11.3 Å². The first-order chi connectivity index (χ1) is 48.0. The molecular formula is C95H66N2S. The third kappa shape index (κ3) is 6.60. The van der Waals surface area contributed by atoms with Crippen molar-refractivity contribution in [2.45, 2.75) is 68.1 Å². The second-order valence-corrected chi connectivity index (χ2v) is 31.0. The third-order valence-corrected chi connectivity index (χ3v) is 25.9. The van der Waals surface area contributed by atoms with Crippen LogP contribution in [0, 0.1) is 0 Å². The van der Waals surface area contributed by atoms with Crippen molar-refractivity contribution in [3.05, 3.63) is 381 Å². The predicted octanol–water partition coefficient (Wildman–Crippen LogP) is 23.8. The minimum absolute atomic E-state index is 0.0686. The summed E-state index contributed by atoms with van der Waals surface area (Å²) >= 11 is 1.92. The number of rotatable bonds is 4. The van der Waals surface area contributed by atoms with Gasteiger partial charge >= 0.3 is 0 Å². The van der Waals surface area contributed by atoms with Crippen molar-refractivity contribution in [3.63, 3.8) is 0 Å². The van der Waals surface area contributed by atoms with E-state index in [4.69, 9.17) is 0 Å². The summed E-state index contributed by atoms with van der Waals surface area (Å²) in [4.78, 5) is 0. The summed E-state index contributed by atoms with van der Waals surface area (Å²) in [6, 6.07) is 116. The number of benzene rings is 14. The normalized spacial score (nSPS) is 19.0. The maximum Gasteiger partial charge on any atom is 0.0748 e. The van der Waals surface area contributed by atoms with E-state index >= 15 is 0 Å². The molecule has 17 aromatic rings. The molecule has 0 fully saturated rings. The van der Waals surface area contributed by atoms with Crippen molar-refractivity contribution in [1.82, 2.24) is 9.13 Å². The molecule has 3 aliphatic carbocycles. The molecule has 5 aliphatic rings. The van der Waals surface area contributed by atoms with E-state index in [0.29, 0.717) is 0 Å². The van der Waals surface area contributed by atoms with Crippen molar-refractivity contribution >= 4 is 75.1 Å². The zero-order valence-electron chi connectivity index (χ0n) is 55.3. The molecule has 3 aromatic heterocycles.